The lowest BCUT2D eigenvalue weighted by Crippen LogP contribution is -2.54. The van der Waals surface area contributed by atoms with Gasteiger partial charge in [-0.2, -0.15) is 0 Å². The normalized spacial score (nSPS) is 18.4. The molecule has 1 aromatic carbocycles. The molecule has 1 heterocycles. The van der Waals surface area contributed by atoms with Crippen LogP contribution in [0.2, 0.25) is 0 Å². The number of nitrogens with zero attached hydrogens (tertiary/aromatic N) is 1. The third-order valence-electron chi connectivity index (χ3n) is 3.41. The van der Waals surface area contributed by atoms with Crippen molar-refractivity contribution >= 4 is 17.9 Å². The molecule has 1 atom stereocenters. The maximum atomic E-state index is 13.2. The van der Waals surface area contributed by atoms with E-state index in [9.17, 15) is 14.0 Å². The highest BCUT2D eigenvalue weighted by Crippen LogP contribution is 2.24. The minimum Gasteiger partial charge on any atom is -0.377 e. The molecule has 21 heavy (non-hydrogen) atoms. The number of aldehydes is 1. The fraction of sp³-hybridized carbons (Fsp3) is 0.467. The molecule has 1 aliphatic rings. The van der Waals surface area contributed by atoms with Crippen molar-refractivity contribution in [1.82, 2.24) is 5.32 Å². The van der Waals surface area contributed by atoms with Gasteiger partial charge in [0, 0.05) is 24.3 Å². The summed E-state index contributed by atoms with van der Waals surface area (Å²) < 4.78 is 18.6. The summed E-state index contributed by atoms with van der Waals surface area (Å²) in [5, 5.41) is 2.83. The first-order valence-corrected chi connectivity index (χ1v) is 7.04. The summed E-state index contributed by atoms with van der Waals surface area (Å²) in [5.74, 6) is -0.612. The number of nitrogens with one attached hydrogen (secondary N) is 1. The molecule has 0 aromatic heterocycles. The molecule has 6 heteroatoms. The molecule has 0 radical (unpaired) electrons. The van der Waals surface area contributed by atoms with E-state index in [0.29, 0.717) is 31.7 Å². The van der Waals surface area contributed by atoms with E-state index in [2.05, 4.69) is 5.32 Å². The summed E-state index contributed by atoms with van der Waals surface area (Å²) in [6, 6.07) is 3.50. The highest BCUT2D eigenvalue weighted by atomic mass is 19.1. The van der Waals surface area contributed by atoms with Gasteiger partial charge in [-0.1, -0.05) is 6.92 Å². The number of amides is 1. The van der Waals surface area contributed by atoms with E-state index in [4.69, 9.17) is 4.74 Å². The Labute approximate surface area is 123 Å². The van der Waals surface area contributed by atoms with Crippen LogP contribution in [0.4, 0.5) is 10.1 Å². The van der Waals surface area contributed by atoms with Crippen LogP contribution in [0.15, 0.2) is 18.2 Å². The van der Waals surface area contributed by atoms with Crippen LogP contribution in [0.1, 0.15) is 23.7 Å². The Hall–Kier alpha value is -1.95. The topological polar surface area (TPSA) is 58.6 Å². The number of ether oxygens (including phenoxy) is 1. The summed E-state index contributed by atoms with van der Waals surface area (Å²) in [4.78, 5) is 25.2. The standard InChI is InChI=1S/C15H19FN2O3/c1-2-5-17-15(20)14-10-21-7-6-18(14)13-4-3-12(16)8-11(13)9-19/h3-4,8-9,14H,2,5-7,10H2,1H3,(H,17,20). The number of hydrogen-bond donors (Lipinski definition) is 1. The highest BCUT2D eigenvalue weighted by Gasteiger charge is 2.30. The van der Waals surface area contributed by atoms with E-state index in [1.165, 1.54) is 18.2 Å². The number of carbonyl (C=O) groups is 2. The Morgan fingerprint density at radius 3 is 3.10 bits per heavy atom. The lowest BCUT2D eigenvalue weighted by molar-refractivity contribution is -0.124. The minimum atomic E-state index is -0.505. The van der Waals surface area contributed by atoms with Gasteiger partial charge in [0.15, 0.2) is 6.29 Å². The Bertz CT molecular complexity index is 522. The molecule has 5 nitrogen and oxygen atoms in total. The molecule has 0 bridgehead atoms. The Morgan fingerprint density at radius 2 is 2.38 bits per heavy atom. The lowest BCUT2D eigenvalue weighted by atomic mass is 10.1. The van der Waals surface area contributed by atoms with Crippen molar-refractivity contribution in [3.05, 3.63) is 29.6 Å². The number of anilines is 1. The van der Waals surface area contributed by atoms with Crippen molar-refractivity contribution < 1.29 is 18.7 Å². The van der Waals surface area contributed by atoms with Crippen LogP contribution >= 0.6 is 0 Å². The fourth-order valence-corrected chi connectivity index (χ4v) is 2.36. The van der Waals surface area contributed by atoms with E-state index in [0.717, 1.165) is 6.42 Å². The van der Waals surface area contributed by atoms with Crippen molar-refractivity contribution in [3.8, 4) is 0 Å². The van der Waals surface area contributed by atoms with E-state index >= 15 is 0 Å². The summed E-state index contributed by atoms with van der Waals surface area (Å²) in [6.45, 7) is 3.77. The van der Waals surface area contributed by atoms with Gasteiger partial charge in [-0.05, 0) is 24.6 Å². The number of rotatable bonds is 5. The van der Waals surface area contributed by atoms with Crippen LogP contribution in [0.3, 0.4) is 0 Å². The van der Waals surface area contributed by atoms with Gasteiger partial charge in [0.25, 0.3) is 0 Å². The summed E-state index contributed by atoms with van der Waals surface area (Å²) >= 11 is 0. The molecule has 2 rings (SSSR count). The van der Waals surface area contributed by atoms with Crippen molar-refractivity contribution in [2.45, 2.75) is 19.4 Å². The summed E-state index contributed by atoms with van der Waals surface area (Å²) in [5.41, 5.74) is 0.802. The van der Waals surface area contributed by atoms with E-state index in [1.54, 1.807) is 4.90 Å². The number of hydrogen-bond acceptors (Lipinski definition) is 4. The van der Waals surface area contributed by atoms with Crippen LogP contribution in [0.25, 0.3) is 0 Å². The zero-order valence-electron chi connectivity index (χ0n) is 12.0. The van der Waals surface area contributed by atoms with Gasteiger partial charge in [-0.3, -0.25) is 9.59 Å². The van der Waals surface area contributed by atoms with Gasteiger partial charge >= 0.3 is 0 Å². The molecule has 1 N–H and O–H groups in total. The maximum Gasteiger partial charge on any atom is 0.245 e. The first kappa shape index (κ1) is 15.4. The average molecular weight is 294 g/mol. The zero-order chi connectivity index (χ0) is 15.2. The molecule has 1 amide bonds. The van der Waals surface area contributed by atoms with Crippen LogP contribution in [-0.4, -0.2) is 44.5 Å². The SMILES string of the molecule is CCCNC(=O)C1COCCN1c1ccc(F)cc1C=O. The molecular formula is C15H19FN2O3. The van der Waals surface area contributed by atoms with E-state index < -0.39 is 11.9 Å². The second-order valence-corrected chi connectivity index (χ2v) is 4.90. The van der Waals surface area contributed by atoms with Gasteiger partial charge in [0.2, 0.25) is 5.91 Å². The zero-order valence-corrected chi connectivity index (χ0v) is 12.0. The summed E-state index contributed by atoms with van der Waals surface area (Å²) in [6.07, 6.45) is 1.45. The molecule has 1 saturated heterocycles. The first-order valence-electron chi connectivity index (χ1n) is 7.04. The van der Waals surface area contributed by atoms with Crippen LogP contribution in [-0.2, 0) is 9.53 Å². The number of benzene rings is 1. The third kappa shape index (κ3) is 3.58. The predicted molar refractivity (Wildman–Crippen MR) is 77.0 cm³/mol. The van der Waals surface area contributed by atoms with Gasteiger partial charge in [-0.25, -0.2) is 4.39 Å². The maximum absolute atomic E-state index is 13.2. The van der Waals surface area contributed by atoms with Gasteiger partial charge in [0.1, 0.15) is 11.9 Å². The second-order valence-electron chi connectivity index (χ2n) is 4.90. The molecule has 1 aliphatic heterocycles. The molecule has 1 fully saturated rings. The van der Waals surface area contributed by atoms with E-state index in [1.807, 2.05) is 6.92 Å². The van der Waals surface area contributed by atoms with Gasteiger partial charge in [-0.15, -0.1) is 0 Å². The van der Waals surface area contributed by atoms with Gasteiger partial charge < -0.3 is 15.0 Å². The van der Waals surface area contributed by atoms with Crippen LogP contribution < -0.4 is 10.2 Å². The molecule has 114 valence electrons. The molecular weight excluding hydrogens is 275 g/mol. The molecule has 0 aliphatic carbocycles. The smallest absolute Gasteiger partial charge is 0.245 e. The lowest BCUT2D eigenvalue weighted by Gasteiger charge is -2.37. The van der Waals surface area contributed by atoms with Crippen molar-refractivity contribution in [3.63, 3.8) is 0 Å². The van der Waals surface area contributed by atoms with Crippen molar-refractivity contribution in [2.24, 2.45) is 0 Å². The van der Waals surface area contributed by atoms with Gasteiger partial charge in [0.05, 0.1) is 13.2 Å². The minimum absolute atomic E-state index is 0.141. The Morgan fingerprint density at radius 1 is 1.57 bits per heavy atom. The molecule has 1 unspecified atom stereocenters. The van der Waals surface area contributed by atoms with Crippen LogP contribution in [0, 0.1) is 5.82 Å². The Kier molecular flexibility index (Phi) is 5.27. The first-order chi connectivity index (χ1) is 10.2. The van der Waals surface area contributed by atoms with Crippen molar-refractivity contribution in [1.29, 1.82) is 0 Å². The molecule has 0 spiro atoms. The predicted octanol–water partition coefficient (Wildman–Crippen LogP) is 1.37. The fourth-order valence-electron chi connectivity index (χ4n) is 2.36. The van der Waals surface area contributed by atoms with E-state index in [-0.39, 0.29) is 18.1 Å². The largest absolute Gasteiger partial charge is 0.377 e. The quantitative estimate of drug-likeness (QED) is 0.833. The molecule has 0 saturated carbocycles. The second kappa shape index (κ2) is 7.17. The summed E-state index contributed by atoms with van der Waals surface area (Å²) in [7, 11) is 0. The third-order valence-corrected chi connectivity index (χ3v) is 3.41. The number of halogens is 1. The monoisotopic (exact) mass is 294 g/mol. The number of morpholine rings is 1. The van der Waals surface area contributed by atoms with Crippen molar-refractivity contribution in [2.75, 3.05) is 31.2 Å². The average Bonchev–Trinajstić information content (AvgIpc) is 2.52. The van der Waals surface area contributed by atoms with Crippen LogP contribution in [0.5, 0.6) is 0 Å². The molecule has 1 aromatic rings. The number of carbonyl (C=O) groups excluding carboxylic acids is 2. The Balaban J connectivity index is 2.26. The highest BCUT2D eigenvalue weighted by molar-refractivity contribution is 5.90.